The van der Waals surface area contributed by atoms with Gasteiger partial charge in [-0.3, -0.25) is 4.79 Å². The monoisotopic (exact) mass is 252 g/mol. The molecule has 0 spiro atoms. The Bertz CT molecular complexity index is 427. The van der Waals surface area contributed by atoms with E-state index in [2.05, 4.69) is 20.6 Å². The van der Waals surface area contributed by atoms with Crippen LogP contribution >= 0.6 is 11.8 Å². The van der Waals surface area contributed by atoms with Gasteiger partial charge >= 0.3 is 0 Å². The zero-order chi connectivity index (χ0) is 12.1. The van der Waals surface area contributed by atoms with Crippen LogP contribution in [0.25, 0.3) is 0 Å². The lowest BCUT2D eigenvalue weighted by molar-refractivity contribution is -0.113. The van der Waals surface area contributed by atoms with E-state index in [1.54, 1.807) is 12.4 Å². The first kappa shape index (κ1) is 12.0. The Morgan fingerprint density at radius 3 is 3.12 bits per heavy atom. The van der Waals surface area contributed by atoms with Crippen molar-refractivity contribution < 1.29 is 4.79 Å². The summed E-state index contributed by atoms with van der Waals surface area (Å²) in [6, 6.07) is 0. The minimum Gasteiger partial charge on any atom is -0.371 e. The van der Waals surface area contributed by atoms with Crippen LogP contribution in [0.4, 0.5) is 0 Å². The quantitative estimate of drug-likeness (QED) is 0.645. The highest BCUT2D eigenvalue weighted by atomic mass is 32.2. The third kappa shape index (κ3) is 3.52. The van der Waals surface area contributed by atoms with Crippen LogP contribution in [0.3, 0.4) is 0 Å². The molecule has 92 valence electrons. The van der Waals surface area contributed by atoms with Crippen molar-refractivity contribution in [1.29, 1.82) is 0 Å². The van der Waals surface area contributed by atoms with Crippen LogP contribution in [0.15, 0.2) is 18.2 Å². The summed E-state index contributed by atoms with van der Waals surface area (Å²) in [5.41, 5.74) is 2.25. The molecule has 1 aromatic heterocycles. The van der Waals surface area contributed by atoms with Crippen molar-refractivity contribution >= 4 is 17.5 Å². The van der Waals surface area contributed by atoms with Gasteiger partial charge in [-0.1, -0.05) is 0 Å². The van der Waals surface area contributed by atoms with Crippen LogP contribution in [0.5, 0.6) is 0 Å². The number of ketones is 1. The fourth-order valence-electron chi connectivity index (χ4n) is 1.52. The highest BCUT2D eigenvalue weighted by molar-refractivity contribution is 7.98. The average Bonchev–Trinajstić information content (AvgIpc) is 2.88. The molecular formula is C11H16N4OS. The molecule has 5 nitrogen and oxygen atoms in total. The van der Waals surface area contributed by atoms with Crippen molar-refractivity contribution in [2.24, 2.45) is 0 Å². The molecule has 0 radical (unpaired) electrons. The second-order valence-corrected chi connectivity index (χ2v) is 4.94. The Morgan fingerprint density at radius 1 is 1.59 bits per heavy atom. The number of rotatable bonds is 6. The van der Waals surface area contributed by atoms with Gasteiger partial charge in [-0.05, 0) is 6.92 Å². The number of H-pyrrole nitrogens is 1. The minimum absolute atomic E-state index is 0.132. The molecule has 2 rings (SSSR count). The molecule has 0 aliphatic carbocycles. The third-order valence-electron chi connectivity index (χ3n) is 2.49. The van der Waals surface area contributed by atoms with Crippen molar-refractivity contribution in [1.82, 2.24) is 20.6 Å². The maximum atomic E-state index is 10.9. The summed E-state index contributed by atoms with van der Waals surface area (Å²) in [7, 11) is 0. The second kappa shape index (κ2) is 5.77. The van der Waals surface area contributed by atoms with Gasteiger partial charge in [0.1, 0.15) is 5.82 Å². The van der Waals surface area contributed by atoms with Crippen LogP contribution in [-0.4, -0.2) is 34.6 Å². The fraction of sp³-hybridized carbons (Fsp3) is 0.455. The molecule has 0 aromatic carbocycles. The number of aromatic nitrogens is 2. The Morgan fingerprint density at radius 2 is 2.47 bits per heavy atom. The van der Waals surface area contributed by atoms with Gasteiger partial charge in [-0.25, -0.2) is 4.98 Å². The van der Waals surface area contributed by atoms with E-state index >= 15 is 0 Å². The second-order valence-electron chi connectivity index (χ2n) is 3.83. The molecule has 0 amide bonds. The molecule has 1 aromatic rings. The Labute approximate surface area is 104 Å². The van der Waals surface area contributed by atoms with E-state index in [1.165, 1.54) is 0 Å². The van der Waals surface area contributed by atoms with Gasteiger partial charge < -0.3 is 15.6 Å². The number of imidazole rings is 1. The molecule has 0 fully saturated rings. The van der Waals surface area contributed by atoms with Gasteiger partial charge in [0.05, 0.1) is 18.6 Å². The normalized spacial score (nSPS) is 14.6. The smallest absolute Gasteiger partial charge is 0.178 e. The highest BCUT2D eigenvalue weighted by Crippen LogP contribution is 2.11. The van der Waals surface area contributed by atoms with E-state index in [0.717, 1.165) is 35.3 Å². The van der Waals surface area contributed by atoms with Crippen molar-refractivity contribution in [3.8, 4) is 0 Å². The summed E-state index contributed by atoms with van der Waals surface area (Å²) in [5.74, 6) is 2.88. The van der Waals surface area contributed by atoms with Crippen molar-refractivity contribution in [3.05, 3.63) is 29.6 Å². The number of aryl methyl sites for hydroxylation is 1. The Balaban J connectivity index is 1.59. The van der Waals surface area contributed by atoms with Crippen LogP contribution < -0.4 is 10.6 Å². The summed E-state index contributed by atoms with van der Waals surface area (Å²) < 4.78 is 0. The number of hydrogen-bond acceptors (Lipinski definition) is 5. The SMILES string of the molecule is Cc1[nH]cnc1CSCCNC1=CC(=O)CN1. The van der Waals surface area contributed by atoms with Gasteiger partial charge in [0.15, 0.2) is 5.78 Å². The van der Waals surface area contributed by atoms with E-state index < -0.39 is 0 Å². The maximum Gasteiger partial charge on any atom is 0.178 e. The Kier molecular flexibility index (Phi) is 4.08. The molecule has 0 saturated carbocycles. The van der Waals surface area contributed by atoms with E-state index in [9.17, 15) is 4.79 Å². The molecule has 2 heterocycles. The molecule has 6 heteroatoms. The molecule has 1 aliphatic heterocycles. The number of hydrogen-bond donors (Lipinski definition) is 3. The van der Waals surface area contributed by atoms with Gasteiger partial charge in [0, 0.05) is 29.8 Å². The van der Waals surface area contributed by atoms with Gasteiger partial charge in [0.25, 0.3) is 0 Å². The first-order valence-corrected chi connectivity index (χ1v) is 6.70. The lowest BCUT2D eigenvalue weighted by Crippen LogP contribution is -2.25. The number of aromatic amines is 1. The van der Waals surface area contributed by atoms with E-state index in [-0.39, 0.29) is 5.78 Å². The summed E-state index contributed by atoms with van der Waals surface area (Å²) in [6.07, 6.45) is 3.34. The number of carbonyl (C=O) groups excluding carboxylic acids is 1. The minimum atomic E-state index is 0.132. The number of nitrogens with zero attached hydrogens (tertiary/aromatic N) is 1. The van der Waals surface area contributed by atoms with Crippen molar-refractivity contribution in [2.75, 3.05) is 18.8 Å². The number of nitrogens with one attached hydrogen (secondary N) is 3. The summed E-state index contributed by atoms with van der Waals surface area (Å²) in [4.78, 5) is 18.2. The number of thioether (sulfide) groups is 1. The lowest BCUT2D eigenvalue weighted by Gasteiger charge is -2.06. The molecule has 0 saturated heterocycles. The highest BCUT2D eigenvalue weighted by Gasteiger charge is 2.09. The van der Waals surface area contributed by atoms with Crippen molar-refractivity contribution in [3.63, 3.8) is 0 Å². The largest absolute Gasteiger partial charge is 0.371 e. The average molecular weight is 252 g/mol. The Hall–Kier alpha value is -1.43. The standard InChI is InChI=1S/C11H16N4OS/c1-8-10(15-7-14-8)6-17-3-2-12-11-4-9(16)5-13-11/h4,7,12-13H,2-3,5-6H2,1H3,(H,14,15). The van der Waals surface area contributed by atoms with Gasteiger partial charge in [0.2, 0.25) is 0 Å². The molecule has 0 unspecified atom stereocenters. The predicted molar refractivity (Wildman–Crippen MR) is 68.6 cm³/mol. The van der Waals surface area contributed by atoms with E-state index in [4.69, 9.17) is 0 Å². The lowest BCUT2D eigenvalue weighted by atomic mass is 10.4. The molecule has 1 aliphatic rings. The zero-order valence-electron chi connectivity index (χ0n) is 9.75. The van der Waals surface area contributed by atoms with Crippen LogP contribution in [0.1, 0.15) is 11.4 Å². The first-order valence-electron chi connectivity index (χ1n) is 5.54. The maximum absolute atomic E-state index is 10.9. The fourth-order valence-corrected chi connectivity index (χ4v) is 2.39. The molecule has 0 atom stereocenters. The van der Waals surface area contributed by atoms with E-state index in [1.807, 2.05) is 18.7 Å². The molecule has 0 bridgehead atoms. The summed E-state index contributed by atoms with van der Waals surface area (Å²) in [6.45, 7) is 3.29. The third-order valence-corrected chi connectivity index (χ3v) is 3.46. The summed E-state index contributed by atoms with van der Waals surface area (Å²) in [5, 5.41) is 6.18. The predicted octanol–water partition coefficient (Wildman–Crippen LogP) is 0.555. The molecule has 3 N–H and O–H groups in total. The van der Waals surface area contributed by atoms with Crippen LogP contribution in [0, 0.1) is 6.92 Å². The zero-order valence-corrected chi connectivity index (χ0v) is 10.6. The van der Waals surface area contributed by atoms with Gasteiger partial charge in [-0.15, -0.1) is 0 Å². The molecular weight excluding hydrogens is 236 g/mol. The summed E-state index contributed by atoms with van der Waals surface area (Å²) >= 11 is 1.82. The number of carbonyl (C=O) groups is 1. The van der Waals surface area contributed by atoms with Crippen LogP contribution in [0.2, 0.25) is 0 Å². The molecule has 17 heavy (non-hydrogen) atoms. The van der Waals surface area contributed by atoms with Gasteiger partial charge in [-0.2, -0.15) is 11.8 Å². The topological polar surface area (TPSA) is 69.8 Å². The first-order chi connectivity index (χ1) is 8.25. The van der Waals surface area contributed by atoms with Crippen molar-refractivity contribution in [2.45, 2.75) is 12.7 Å². The van der Waals surface area contributed by atoms with Crippen LogP contribution in [-0.2, 0) is 10.5 Å². The van der Waals surface area contributed by atoms with E-state index in [0.29, 0.717) is 6.54 Å².